The average molecular weight is 378 g/mol. The van der Waals surface area contributed by atoms with Gasteiger partial charge in [-0.2, -0.15) is 8.78 Å². The van der Waals surface area contributed by atoms with E-state index in [4.69, 9.17) is 0 Å². The maximum Gasteiger partial charge on any atom is 0.340 e. The van der Waals surface area contributed by atoms with Crippen molar-refractivity contribution in [2.24, 2.45) is 5.92 Å². The van der Waals surface area contributed by atoms with E-state index in [1.807, 2.05) is 6.92 Å². The molecule has 0 saturated carbocycles. The van der Waals surface area contributed by atoms with Crippen LogP contribution in [-0.4, -0.2) is 58.4 Å². The molecule has 1 saturated heterocycles. The zero-order valence-corrected chi connectivity index (χ0v) is 13.9. The van der Waals surface area contributed by atoms with Crippen LogP contribution < -0.4 is 4.74 Å². The summed E-state index contributed by atoms with van der Waals surface area (Å²) in [4.78, 5) is 28.7. The lowest BCUT2D eigenvalue weighted by Crippen LogP contribution is -2.49. The molecule has 0 aliphatic carbocycles. The van der Waals surface area contributed by atoms with Crippen LogP contribution in [0.15, 0.2) is 18.3 Å². The first-order chi connectivity index (χ1) is 12.1. The molecular weight excluding hydrogens is 360 g/mol. The number of carbonyl (C=O) groups is 2. The van der Waals surface area contributed by atoms with E-state index in [1.54, 1.807) is 0 Å². The van der Waals surface area contributed by atoms with Gasteiger partial charge in [0.2, 0.25) is 5.88 Å². The summed E-state index contributed by atoms with van der Waals surface area (Å²) in [6.07, 6.45) is -1.83. The Hall–Kier alpha value is -2.39. The summed E-state index contributed by atoms with van der Waals surface area (Å²) < 4.78 is 54.3. The fourth-order valence-electron chi connectivity index (χ4n) is 2.61. The van der Waals surface area contributed by atoms with E-state index in [9.17, 15) is 32.3 Å². The molecule has 2 heterocycles. The highest BCUT2D eigenvalue weighted by Crippen LogP contribution is 2.26. The molecule has 1 aromatic rings. The molecule has 26 heavy (non-hydrogen) atoms. The molecular formula is C16H18F4N2O4. The van der Waals surface area contributed by atoms with E-state index in [2.05, 4.69) is 9.72 Å². The number of aliphatic carboxylic acids is 1. The second-order valence-electron chi connectivity index (χ2n) is 6.22. The molecule has 1 aliphatic rings. The van der Waals surface area contributed by atoms with Gasteiger partial charge in [-0.15, -0.1) is 0 Å². The van der Waals surface area contributed by atoms with Gasteiger partial charge in [-0.1, -0.05) is 6.92 Å². The third-order valence-corrected chi connectivity index (χ3v) is 4.13. The first-order valence-electron chi connectivity index (χ1n) is 7.90. The maximum absolute atomic E-state index is 12.8. The SMILES string of the molecule is CC1CCN(C(=O)c2ccc(OCC(F)(F)C(F)F)nc2)C(C(=O)O)C1. The Bertz CT molecular complexity index is 654. The Morgan fingerprint density at radius 1 is 1.42 bits per heavy atom. The molecule has 0 aromatic carbocycles. The second-order valence-corrected chi connectivity index (χ2v) is 6.22. The summed E-state index contributed by atoms with van der Waals surface area (Å²) in [7, 11) is 0. The molecule has 144 valence electrons. The first-order valence-corrected chi connectivity index (χ1v) is 7.90. The predicted molar refractivity (Wildman–Crippen MR) is 81.5 cm³/mol. The zero-order valence-electron chi connectivity index (χ0n) is 13.9. The summed E-state index contributed by atoms with van der Waals surface area (Å²) in [6, 6.07) is 1.37. The largest absolute Gasteiger partial charge is 0.480 e. The van der Waals surface area contributed by atoms with Crippen molar-refractivity contribution < 1.29 is 37.0 Å². The van der Waals surface area contributed by atoms with Gasteiger partial charge in [-0.05, 0) is 24.8 Å². The number of piperidine rings is 1. The molecule has 0 radical (unpaired) electrons. The number of carbonyl (C=O) groups excluding carboxylic acids is 1. The number of rotatable bonds is 6. The maximum atomic E-state index is 12.8. The van der Waals surface area contributed by atoms with Gasteiger partial charge in [-0.25, -0.2) is 18.6 Å². The smallest absolute Gasteiger partial charge is 0.340 e. The van der Waals surface area contributed by atoms with Crippen molar-refractivity contribution in [1.29, 1.82) is 0 Å². The molecule has 2 rings (SSSR count). The highest BCUT2D eigenvalue weighted by Gasteiger charge is 2.42. The summed E-state index contributed by atoms with van der Waals surface area (Å²) in [6.45, 7) is 0.631. The lowest BCUT2D eigenvalue weighted by atomic mass is 9.92. The van der Waals surface area contributed by atoms with Crippen molar-refractivity contribution in [3.05, 3.63) is 23.9 Å². The molecule has 0 spiro atoms. The number of nitrogens with zero attached hydrogens (tertiary/aromatic N) is 2. The van der Waals surface area contributed by atoms with Crippen LogP contribution in [-0.2, 0) is 4.79 Å². The molecule has 2 unspecified atom stereocenters. The minimum Gasteiger partial charge on any atom is -0.480 e. The standard InChI is InChI=1S/C16H18F4N2O4/c1-9-4-5-22(11(6-9)14(24)25)13(23)10-2-3-12(21-7-10)26-8-16(19,20)15(17)18/h2-3,7,9,11,15H,4-6,8H2,1H3,(H,24,25). The molecule has 1 aromatic heterocycles. The van der Waals surface area contributed by atoms with Crippen molar-refractivity contribution in [1.82, 2.24) is 9.88 Å². The average Bonchev–Trinajstić information content (AvgIpc) is 2.59. The second kappa shape index (κ2) is 7.88. The van der Waals surface area contributed by atoms with Crippen LogP contribution in [0, 0.1) is 5.92 Å². The Labute approximate surface area is 146 Å². The fourth-order valence-corrected chi connectivity index (χ4v) is 2.61. The minimum absolute atomic E-state index is 0.0544. The number of hydrogen-bond donors (Lipinski definition) is 1. The van der Waals surface area contributed by atoms with Crippen LogP contribution >= 0.6 is 0 Å². The van der Waals surface area contributed by atoms with Crippen molar-refractivity contribution >= 4 is 11.9 Å². The van der Waals surface area contributed by atoms with Crippen molar-refractivity contribution in [2.75, 3.05) is 13.2 Å². The van der Waals surface area contributed by atoms with Gasteiger partial charge in [0.15, 0.2) is 6.61 Å². The Balaban J connectivity index is 2.05. The molecule has 2 atom stereocenters. The number of hydrogen-bond acceptors (Lipinski definition) is 4. The van der Waals surface area contributed by atoms with Crippen LogP contribution in [0.2, 0.25) is 0 Å². The zero-order chi connectivity index (χ0) is 19.5. The molecule has 1 fully saturated rings. The minimum atomic E-state index is -4.31. The van der Waals surface area contributed by atoms with E-state index < -0.39 is 36.9 Å². The van der Waals surface area contributed by atoms with Crippen molar-refractivity contribution in [2.45, 2.75) is 38.2 Å². The van der Waals surface area contributed by atoms with E-state index in [1.165, 1.54) is 11.0 Å². The Kier molecular flexibility index (Phi) is 6.04. The third kappa shape index (κ3) is 4.61. The highest BCUT2D eigenvalue weighted by atomic mass is 19.3. The molecule has 10 heteroatoms. The summed E-state index contributed by atoms with van der Waals surface area (Å²) in [5.41, 5.74) is 0.0544. The Morgan fingerprint density at radius 3 is 2.65 bits per heavy atom. The van der Waals surface area contributed by atoms with E-state index in [-0.39, 0.29) is 23.9 Å². The number of pyridine rings is 1. The number of alkyl halides is 4. The topological polar surface area (TPSA) is 79.7 Å². The highest BCUT2D eigenvalue weighted by molar-refractivity contribution is 5.96. The van der Waals surface area contributed by atoms with E-state index >= 15 is 0 Å². The van der Waals surface area contributed by atoms with Crippen LogP contribution in [0.1, 0.15) is 30.1 Å². The van der Waals surface area contributed by atoms with Gasteiger partial charge in [0.05, 0.1) is 5.56 Å². The van der Waals surface area contributed by atoms with Crippen molar-refractivity contribution in [3.8, 4) is 5.88 Å². The Morgan fingerprint density at radius 2 is 2.12 bits per heavy atom. The predicted octanol–water partition coefficient (Wildman–Crippen LogP) is 2.69. The first kappa shape index (κ1) is 19.9. The van der Waals surface area contributed by atoms with Crippen LogP contribution in [0.3, 0.4) is 0 Å². The normalized spacial score (nSPS) is 20.9. The molecule has 1 aliphatic heterocycles. The summed E-state index contributed by atoms with van der Waals surface area (Å²) >= 11 is 0. The van der Waals surface area contributed by atoms with Gasteiger partial charge in [0, 0.05) is 18.8 Å². The lowest BCUT2D eigenvalue weighted by molar-refractivity contribution is -0.148. The van der Waals surface area contributed by atoms with E-state index in [0.717, 1.165) is 12.3 Å². The van der Waals surface area contributed by atoms with Gasteiger partial charge >= 0.3 is 18.3 Å². The van der Waals surface area contributed by atoms with Crippen molar-refractivity contribution in [3.63, 3.8) is 0 Å². The van der Waals surface area contributed by atoms with Crippen LogP contribution in [0.25, 0.3) is 0 Å². The lowest BCUT2D eigenvalue weighted by Gasteiger charge is -2.36. The van der Waals surface area contributed by atoms with Gasteiger partial charge in [0.25, 0.3) is 5.91 Å². The quantitative estimate of drug-likeness (QED) is 0.770. The summed E-state index contributed by atoms with van der Waals surface area (Å²) in [5, 5.41) is 9.30. The molecule has 0 bridgehead atoms. The van der Waals surface area contributed by atoms with E-state index in [0.29, 0.717) is 12.8 Å². The number of carboxylic acid groups (broad SMARTS) is 1. The molecule has 1 amide bonds. The number of carboxylic acids is 1. The summed E-state index contributed by atoms with van der Waals surface area (Å²) in [5.74, 6) is -6.14. The number of halogens is 4. The third-order valence-electron chi connectivity index (χ3n) is 4.13. The van der Waals surface area contributed by atoms with Gasteiger partial charge in [0.1, 0.15) is 6.04 Å². The van der Waals surface area contributed by atoms with Gasteiger partial charge < -0.3 is 14.7 Å². The monoisotopic (exact) mass is 378 g/mol. The number of ether oxygens (including phenoxy) is 1. The van der Waals surface area contributed by atoms with Crippen LogP contribution in [0.4, 0.5) is 17.6 Å². The molecule has 6 nitrogen and oxygen atoms in total. The molecule has 1 N–H and O–H groups in total. The fraction of sp³-hybridized carbons (Fsp3) is 0.562. The van der Waals surface area contributed by atoms with Crippen LogP contribution in [0.5, 0.6) is 5.88 Å². The number of likely N-dealkylation sites (tertiary alicyclic amines) is 1. The number of aromatic nitrogens is 1. The van der Waals surface area contributed by atoms with Gasteiger partial charge in [-0.3, -0.25) is 4.79 Å². The number of amides is 1.